The van der Waals surface area contributed by atoms with E-state index in [2.05, 4.69) is 10.2 Å². The van der Waals surface area contributed by atoms with E-state index in [1.165, 1.54) is 0 Å². The summed E-state index contributed by atoms with van der Waals surface area (Å²) in [6, 6.07) is 3.46. The first-order valence-electron chi connectivity index (χ1n) is 6.48. The molecule has 7 heteroatoms. The predicted molar refractivity (Wildman–Crippen MR) is 67.6 cm³/mol. The molecule has 0 spiro atoms. The Kier molecular flexibility index (Phi) is 3.27. The second kappa shape index (κ2) is 5.09. The molecule has 7 nitrogen and oxygen atoms in total. The van der Waals surface area contributed by atoms with Crippen LogP contribution in [0.3, 0.4) is 0 Å². The van der Waals surface area contributed by atoms with Gasteiger partial charge in [0.2, 0.25) is 5.89 Å². The lowest BCUT2D eigenvalue weighted by Crippen LogP contribution is -2.32. The van der Waals surface area contributed by atoms with Crippen LogP contribution in [-0.2, 0) is 11.3 Å². The Hall–Kier alpha value is -2.15. The summed E-state index contributed by atoms with van der Waals surface area (Å²) >= 11 is 0. The van der Waals surface area contributed by atoms with Crippen molar-refractivity contribution in [2.45, 2.75) is 25.9 Å². The molecular weight excluding hydrogens is 262 g/mol. The van der Waals surface area contributed by atoms with E-state index in [4.69, 9.17) is 13.9 Å². The number of nitrogens with zero attached hydrogens (tertiary/aromatic N) is 3. The average molecular weight is 277 g/mol. The van der Waals surface area contributed by atoms with Crippen LogP contribution >= 0.6 is 0 Å². The Morgan fingerprint density at radius 1 is 1.55 bits per heavy atom. The largest absolute Gasteiger partial charge is 0.481 e. The third-order valence-electron chi connectivity index (χ3n) is 3.74. The molecule has 1 N–H and O–H groups in total. The number of hydrogen-bond donors (Lipinski definition) is 1. The van der Waals surface area contributed by atoms with E-state index in [0.29, 0.717) is 30.5 Å². The maximum Gasteiger partial charge on any atom is 0.308 e. The first kappa shape index (κ1) is 12.9. The first-order chi connectivity index (χ1) is 9.65. The van der Waals surface area contributed by atoms with Gasteiger partial charge >= 0.3 is 5.97 Å². The van der Waals surface area contributed by atoms with E-state index in [9.17, 15) is 4.79 Å². The van der Waals surface area contributed by atoms with Gasteiger partial charge in [0, 0.05) is 6.04 Å². The number of likely N-dealkylation sites (tertiary alicyclic amines) is 1. The first-order valence-corrected chi connectivity index (χ1v) is 6.48. The lowest BCUT2D eigenvalue weighted by Gasteiger charge is -2.20. The third-order valence-corrected chi connectivity index (χ3v) is 3.74. The highest BCUT2D eigenvalue weighted by molar-refractivity contribution is 5.71. The molecule has 1 aliphatic heterocycles. The molecule has 2 aromatic rings. The van der Waals surface area contributed by atoms with Crippen LogP contribution in [0.25, 0.3) is 11.7 Å². The van der Waals surface area contributed by atoms with Crippen molar-refractivity contribution in [2.24, 2.45) is 5.92 Å². The van der Waals surface area contributed by atoms with Crippen molar-refractivity contribution in [3.8, 4) is 11.7 Å². The molecule has 1 fully saturated rings. The van der Waals surface area contributed by atoms with Gasteiger partial charge in [-0.2, -0.15) is 0 Å². The van der Waals surface area contributed by atoms with Crippen molar-refractivity contribution >= 4 is 5.97 Å². The molecule has 3 rings (SSSR count). The van der Waals surface area contributed by atoms with Crippen LogP contribution in [0.2, 0.25) is 0 Å². The minimum atomic E-state index is -0.748. The van der Waals surface area contributed by atoms with Gasteiger partial charge in [-0.1, -0.05) is 0 Å². The molecule has 3 heterocycles. The number of hydrogen-bond acceptors (Lipinski definition) is 6. The summed E-state index contributed by atoms with van der Waals surface area (Å²) in [5, 5.41) is 17.0. The minimum absolute atomic E-state index is 0.0357. The highest BCUT2D eigenvalue weighted by Gasteiger charge is 2.36. The number of carbonyl (C=O) groups is 1. The smallest absolute Gasteiger partial charge is 0.308 e. The van der Waals surface area contributed by atoms with E-state index < -0.39 is 5.97 Å². The van der Waals surface area contributed by atoms with Gasteiger partial charge in [-0.15, -0.1) is 10.2 Å². The molecule has 2 aromatic heterocycles. The van der Waals surface area contributed by atoms with Crippen LogP contribution in [0.1, 0.15) is 19.2 Å². The summed E-state index contributed by atoms with van der Waals surface area (Å²) in [6.45, 7) is 3.09. The molecule has 0 saturated carbocycles. The SMILES string of the molecule is CC1C(C(=O)O)CCN1Cc1nnc(-c2ccco2)o1. The van der Waals surface area contributed by atoms with Crippen LogP contribution in [0.15, 0.2) is 27.2 Å². The Morgan fingerprint density at radius 3 is 3.05 bits per heavy atom. The van der Waals surface area contributed by atoms with Crippen molar-refractivity contribution in [3.63, 3.8) is 0 Å². The van der Waals surface area contributed by atoms with Gasteiger partial charge in [0.25, 0.3) is 5.89 Å². The Morgan fingerprint density at radius 2 is 2.40 bits per heavy atom. The van der Waals surface area contributed by atoms with E-state index in [0.717, 1.165) is 6.54 Å². The van der Waals surface area contributed by atoms with Gasteiger partial charge in [0.1, 0.15) is 0 Å². The van der Waals surface area contributed by atoms with Gasteiger partial charge in [0.05, 0.1) is 18.7 Å². The van der Waals surface area contributed by atoms with Crippen molar-refractivity contribution < 1.29 is 18.7 Å². The highest BCUT2D eigenvalue weighted by Crippen LogP contribution is 2.26. The van der Waals surface area contributed by atoms with Crippen molar-refractivity contribution in [2.75, 3.05) is 6.54 Å². The van der Waals surface area contributed by atoms with E-state index in [-0.39, 0.29) is 12.0 Å². The number of aromatic nitrogens is 2. The summed E-state index contributed by atoms with van der Waals surface area (Å²) in [4.78, 5) is 13.1. The summed E-state index contributed by atoms with van der Waals surface area (Å²) in [6.07, 6.45) is 2.19. The molecule has 106 valence electrons. The summed E-state index contributed by atoms with van der Waals surface area (Å²) < 4.78 is 10.7. The van der Waals surface area contributed by atoms with E-state index >= 15 is 0 Å². The Bertz CT molecular complexity index is 593. The average Bonchev–Trinajstić information content (AvgIpc) is 3.12. The van der Waals surface area contributed by atoms with Crippen molar-refractivity contribution in [1.29, 1.82) is 0 Å². The summed E-state index contributed by atoms with van der Waals surface area (Å²) in [5.74, 6) is 0.256. The lowest BCUT2D eigenvalue weighted by atomic mass is 10.0. The van der Waals surface area contributed by atoms with Crippen LogP contribution in [0, 0.1) is 5.92 Å². The zero-order valence-electron chi connectivity index (χ0n) is 11.0. The number of aliphatic carboxylic acids is 1. The predicted octanol–water partition coefficient (Wildman–Crippen LogP) is 1.62. The maximum atomic E-state index is 11.1. The number of carboxylic acid groups (broad SMARTS) is 1. The van der Waals surface area contributed by atoms with E-state index in [1.807, 2.05) is 11.8 Å². The standard InChI is InChI=1S/C13H15N3O4/c1-8-9(13(17)18)4-5-16(8)7-11-14-15-12(20-11)10-3-2-6-19-10/h2-3,6,8-9H,4-5,7H2,1H3,(H,17,18). The van der Waals surface area contributed by atoms with Crippen molar-refractivity contribution in [3.05, 3.63) is 24.3 Å². The lowest BCUT2D eigenvalue weighted by molar-refractivity contribution is -0.142. The molecule has 2 atom stereocenters. The number of furan rings is 1. The number of rotatable bonds is 4. The molecule has 0 radical (unpaired) electrons. The minimum Gasteiger partial charge on any atom is -0.481 e. The van der Waals surface area contributed by atoms with Gasteiger partial charge in [-0.05, 0) is 32.0 Å². The second-order valence-electron chi connectivity index (χ2n) is 4.92. The zero-order valence-corrected chi connectivity index (χ0v) is 11.0. The molecule has 1 aliphatic rings. The van der Waals surface area contributed by atoms with Gasteiger partial charge in [-0.3, -0.25) is 9.69 Å². The molecule has 0 aliphatic carbocycles. The zero-order chi connectivity index (χ0) is 14.1. The van der Waals surface area contributed by atoms with Crippen LogP contribution < -0.4 is 0 Å². The van der Waals surface area contributed by atoms with E-state index in [1.54, 1.807) is 18.4 Å². The summed E-state index contributed by atoms with van der Waals surface area (Å²) in [5.41, 5.74) is 0. The molecule has 0 amide bonds. The Labute approximate surface area is 115 Å². The Balaban J connectivity index is 1.69. The number of carboxylic acids is 1. The van der Waals surface area contributed by atoms with Crippen LogP contribution in [0.4, 0.5) is 0 Å². The monoisotopic (exact) mass is 277 g/mol. The van der Waals surface area contributed by atoms with Gasteiger partial charge in [-0.25, -0.2) is 0 Å². The second-order valence-corrected chi connectivity index (χ2v) is 4.92. The third kappa shape index (κ3) is 2.32. The highest BCUT2D eigenvalue weighted by atomic mass is 16.4. The van der Waals surface area contributed by atoms with Gasteiger partial charge < -0.3 is 13.9 Å². The normalized spacial score (nSPS) is 23.2. The fourth-order valence-corrected chi connectivity index (χ4v) is 2.55. The molecule has 0 bridgehead atoms. The van der Waals surface area contributed by atoms with Crippen LogP contribution in [0.5, 0.6) is 0 Å². The topological polar surface area (TPSA) is 92.6 Å². The quantitative estimate of drug-likeness (QED) is 0.907. The molecule has 0 aromatic carbocycles. The fourth-order valence-electron chi connectivity index (χ4n) is 2.55. The summed E-state index contributed by atoms with van der Waals surface area (Å²) in [7, 11) is 0. The molecule has 1 saturated heterocycles. The van der Waals surface area contributed by atoms with Gasteiger partial charge in [0.15, 0.2) is 5.76 Å². The molecular formula is C13H15N3O4. The molecule has 2 unspecified atom stereocenters. The molecule has 20 heavy (non-hydrogen) atoms. The fraction of sp³-hybridized carbons (Fsp3) is 0.462. The van der Waals surface area contributed by atoms with Crippen LogP contribution in [-0.4, -0.2) is 38.8 Å². The van der Waals surface area contributed by atoms with Crippen molar-refractivity contribution in [1.82, 2.24) is 15.1 Å². The maximum absolute atomic E-state index is 11.1.